The Morgan fingerprint density at radius 2 is 1.02 bits per heavy atom. The molecule has 11 rings (SSSR count). The minimum Gasteiger partial charge on any atom is -0.0602 e. The van der Waals surface area contributed by atoms with Gasteiger partial charge in [-0.2, -0.15) is 0 Å². The first-order valence-electron chi connectivity index (χ1n) is 17.6. The summed E-state index contributed by atoms with van der Waals surface area (Å²) in [4.78, 5) is 2.42. The van der Waals surface area contributed by atoms with Gasteiger partial charge < -0.3 is 4.57 Å². The van der Waals surface area contributed by atoms with Gasteiger partial charge in [-0.3, -0.25) is 0 Å². The summed E-state index contributed by atoms with van der Waals surface area (Å²) in [6.45, 7) is 0. The molecule has 11 aromatic rings. The van der Waals surface area contributed by atoms with Crippen LogP contribution in [-0.2, 0) is 0 Å². The number of para-hydroxylation sites is 2. The van der Waals surface area contributed by atoms with Crippen molar-refractivity contribution in [2.24, 2.45) is 0 Å². The summed E-state index contributed by atoms with van der Waals surface area (Å²) in [6.07, 6.45) is 0. The Morgan fingerprint density at radius 3 is 1.90 bits per heavy atom. The van der Waals surface area contributed by atoms with Crippen LogP contribution in [0.25, 0.3) is 78.1 Å². The summed E-state index contributed by atoms with van der Waals surface area (Å²) in [6, 6.07) is 67.2. The van der Waals surface area contributed by atoms with E-state index in [-0.39, 0.29) is 0 Å². The molecule has 0 amide bonds. The minimum absolute atomic E-state index is 0.372. The predicted molar refractivity (Wildman–Crippen MR) is 226 cm³/mol. The van der Waals surface area contributed by atoms with Crippen LogP contribution in [0.2, 0.25) is 0 Å². The van der Waals surface area contributed by atoms with Gasteiger partial charge in [-0.25, -0.2) is 0 Å². The van der Waals surface area contributed by atoms with Crippen LogP contribution in [-0.4, -0.2) is 19.1 Å². The van der Waals surface area contributed by atoms with Crippen LogP contribution >= 0.6 is 11.3 Å². The third-order valence-electron chi connectivity index (χ3n) is 10.4. The normalized spacial score (nSPS) is 11.8. The zero-order valence-corrected chi connectivity index (χ0v) is 30.6. The average Bonchev–Trinajstić information content (AvgIpc) is 3.87. The number of thiophene rings is 1. The van der Waals surface area contributed by atoms with Gasteiger partial charge in [-0.15, -0.1) is 11.3 Å². The smallest absolute Gasteiger partial charge is 0.0602 e. The Kier molecular flexibility index (Phi) is 6.78. The molecule has 0 aliphatic heterocycles. The molecule has 8 aromatic carbocycles. The predicted octanol–water partition coefficient (Wildman–Crippen LogP) is 13.7. The van der Waals surface area contributed by atoms with E-state index in [1.54, 1.807) is 0 Å². The number of benzene rings is 8. The number of aromatic nitrogens is 1. The van der Waals surface area contributed by atoms with Gasteiger partial charge in [-0.05, 0) is 24.3 Å². The van der Waals surface area contributed by atoms with Crippen LogP contribution in [0.3, 0.4) is 0 Å². The third-order valence-corrected chi connectivity index (χ3v) is 14.0. The van der Waals surface area contributed by atoms with Crippen LogP contribution in [0.4, 0.5) is 17.1 Å². The van der Waals surface area contributed by atoms with Crippen LogP contribution in [0.15, 0.2) is 182 Å². The van der Waals surface area contributed by atoms with Crippen molar-refractivity contribution in [1.29, 1.82) is 0 Å². The topological polar surface area (TPSA) is 8.17 Å². The molecule has 244 valence electrons. The minimum atomic E-state index is 0.372. The fourth-order valence-electron chi connectivity index (χ4n) is 7.96. The van der Waals surface area contributed by atoms with E-state index in [4.69, 9.17) is 0 Å². The molecule has 3 heterocycles. The van der Waals surface area contributed by atoms with Crippen LogP contribution < -0.4 is 4.90 Å². The van der Waals surface area contributed by atoms with E-state index >= 15 is 0 Å². The molecule has 52 heavy (non-hydrogen) atoms. The first-order valence-corrected chi connectivity index (χ1v) is 20.1. The van der Waals surface area contributed by atoms with Crippen molar-refractivity contribution < 1.29 is 0 Å². The molecule has 0 saturated heterocycles. The summed E-state index contributed by atoms with van der Waals surface area (Å²) in [5.74, 6) is 0. The Hall–Kier alpha value is -5.90. The number of hydrogen-bond acceptors (Lipinski definition) is 2. The Labute approximate surface area is 310 Å². The molecule has 0 atom stereocenters. The summed E-state index contributed by atoms with van der Waals surface area (Å²) in [5, 5.41) is 7.88. The van der Waals surface area contributed by atoms with E-state index in [1.165, 1.54) is 72.4 Å². The van der Waals surface area contributed by atoms with Crippen molar-refractivity contribution in [3.05, 3.63) is 182 Å². The van der Waals surface area contributed by atoms with Crippen molar-refractivity contribution in [2.75, 3.05) is 4.90 Å². The van der Waals surface area contributed by atoms with Gasteiger partial charge in [0.05, 0.1) is 5.52 Å². The molecule has 0 saturated carbocycles. The third kappa shape index (κ3) is 4.69. The summed E-state index contributed by atoms with van der Waals surface area (Å²) < 4.78 is 7.97. The van der Waals surface area contributed by atoms with Gasteiger partial charge in [-0.1, -0.05) is 54.6 Å². The summed E-state index contributed by atoms with van der Waals surface area (Å²) >= 11 is 2.23. The first kappa shape index (κ1) is 29.8. The number of anilines is 3. The Bertz CT molecular complexity index is 3130. The van der Waals surface area contributed by atoms with Crippen molar-refractivity contribution in [3.8, 4) is 16.8 Å². The van der Waals surface area contributed by atoms with Crippen LogP contribution in [0.5, 0.6) is 0 Å². The number of rotatable bonds is 5. The molecule has 0 aliphatic carbocycles. The molecular weight excluding hydrogens is 716 g/mol. The summed E-state index contributed by atoms with van der Waals surface area (Å²) in [5.41, 5.74) is 9.42. The van der Waals surface area contributed by atoms with Gasteiger partial charge in [0, 0.05) is 31.2 Å². The molecule has 0 N–H and O–H groups in total. The molecule has 0 fully saturated rings. The second kappa shape index (κ2) is 11.8. The van der Waals surface area contributed by atoms with E-state index in [2.05, 4.69) is 191 Å². The second-order valence-corrected chi connectivity index (χ2v) is 16.7. The molecule has 4 heteroatoms. The van der Waals surface area contributed by atoms with Gasteiger partial charge in [0.2, 0.25) is 0 Å². The summed E-state index contributed by atoms with van der Waals surface area (Å²) in [7, 11) is 0. The zero-order valence-electron chi connectivity index (χ0n) is 28.0. The first-order chi connectivity index (χ1) is 25.8. The van der Waals surface area contributed by atoms with E-state index in [0.717, 1.165) is 22.7 Å². The monoisotopic (exact) mass is 746 g/mol. The standard InChI is InChI=1S/C48H30N2SSe/c1-2-10-33(11-3-1)50-43-15-7-4-12-37(43)38-25-23-36(30-44(38)50)49(35-24-26-46-41(29-35)39-13-5-8-16-45(39)51-46)34-21-18-31(19-22-34)32-20-27-48-42(28-32)40-14-6-9-17-47(40)52-48/h1-30H. The molecular formula is C48H30N2SSe. The van der Waals surface area contributed by atoms with Crippen molar-refractivity contribution in [1.82, 2.24) is 4.57 Å². The van der Waals surface area contributed by atoms with Crippen molar-refractivity contribution >= 4 is 104 Å². The molecule has 0 spiro atoms. The van der Waals surface area contributed by atoms with Gasteiger partial charge in [0.1, 0.15) is 0 Å². The number of fused-ring (bicyclic) bond motifs is 9. The van der Waals surface area contributed by atoms with Crippen LogP contribution in [0.1, 0.15) is 0 Å². The maximum atomic E-state index is 2.42. The van der Waals surface area contributed by atoms with Gasteiger partial charge in [0.15, 0.2) is 0 Å². The quantitative estimate of drug-likeness (QED) is 0.159. The second-order valence-electron chi connectivity index (χ2n) is 13.4. The molecule has 0 aliphatic rings. The molecule has 0 bridgehead atoms. The Morgan fingerprint density at radius 1 is 0.385 bits per heavy atom. The average molecular weight is 746 g/mol. The van der Waals surface area contributed by atoms with Crippen molar-refractivity contribution in [3.63, 3.8) is 0 Å². The van der Waals surface area contributed by atoms with E-state index in [1.807, 2.05) is 11.3 Å². The van der Waals surface area contributed by atoms with E-state index in [9.17, 15) is 0 Å². The fourth-order valence-corrected chi connectivity index (χ4v) is 11.3. The zero-order chi connectivity index (χ0) is 34.2. The Balaban J connectivity index is 1.10. The van der Waals surface area contributed by atoms with E-state index < -0.39 is 0 Å². The van der Waals surface area contributed by atoms with Gasteiger partial charge >= 0.3 is 181 Å². The molecule has 0 radical (unpaired) electrons. The maximum absolute atomic E-state index is 2.42. The molecule has 3 aromatic heterocycles. The number of nitrogens with zero attached hydrogens (tertiary/aromatic N) is 2. The van der Waals surface area contributed by atoms with Crippen molar-refractivity contribution in [2.45, 2.75) is 0 Å². The SMILES string of the molecule is c1ccc(-n2c3ccccc3c3ccc(N(c4ccc(-c5ccc6[se]c7ccccc7c6c5)cc4)c4ccc5sc6ccccc6c5c4)cc32)cc1. The fraction of sp³-hybridized carbons (Fsp3) is 0. The van der Waals surface area contributed by atoms with Crippen LogP contribution in [0, 0.1) is 0 Å². The number of hydrogen-bond donors (Lipinski definition) is 0. The van der Waals surface area contributed by atoms with Gasteiger partial charge in [0.25, 0.3) is 0 Å². The molecule has 2 nitrogen and oxygen atoms in total. The molecule has 0 unspecified atom stereocenters. The van der Waals surface area contributed by atoms with E-state index in [0.29, 0.717) is 14.5 Å².